The number of alkyl halides is 1. The summed E-state index contributed by atoms with van der Waals surface area (Å²) in [5.41, 5.74) is 17.2. The lowest BCUT2D eigenvalue weighted by molar-refractivity contribution is -0.128. The molecule has 2 heterocycles. The average Bonchev–Trinajstić information content (AvgIpc) is 3.26. The Morgan fingerprint density at radius 2 is 1.94 bits per heavy atom. The zero-order valence-corrected chi connectivity index (χ0v) is 23.4. The third-order valence-corrected chi connectivity index (χ3v) is 7.82. The van der Waals surface area contributed by atoms with Crippen molar-refractivity contribution >= 4 is 5.91 Å². The van der Waals surface area contributed by atoms with Gasteiger partial charge < -0.3 is 27.0 Å². The molecule has 0 bridgehead atoms. The lowest BCUT2D eigenvalue weighted by Gasteiger charge is -2.42. The number of hydrogen-bond acceptors (Lipinski definition) is 7. The van der Waals surface area contributed by atoms with E-state index in [-0.39, 0.29) is 18.5 Å². The average molecular weight is 512 g/mol. The first kappa shape index (κ1) is 31.1. The topological polar surface area (TPSA) is 112 Å². The number of amides is 1. The molecule has 0 spiro atoms. The quantitative estimate of drug-likeness (QED) is 0.169. The molecule has 2 saturated heterocycles. The van der Waals surface area contributed by atoms with Crippen molar-refractivity contribution in [3.05, 3.63) is 11.6 Å². The van der Waals surface area contributed by atoms with Crippen molar-refractivity contribution in [1.29, 1.82) is 0 Å². The molecule has 0 aliphatic carbocycles. The van der Waals surface area contributed by atoms with Crippen molar-refractivity contribution in [2.75, 3.05) is 39.8 Å². The van der Waals surface area contributed by atoms with Crippen molar-refractivity contribution in [3.63, 3.8) is 0 Å². The van der Waals surface area contributed by atoms with Crippen molar-refractivity contribution in [1.82, 2.24) is 26.0 Å². The minimum Gasteiger partial charge on any atom is -0.351 e. The van der Waals surface area contributed by atoms with Crippen LogP contribution < -0.4 is 27.5 Å². The highest BCUT2D eigenvalue weighted by molar-refractivity contribution is 5.81. The van der Waals surface area contributed by atoms with E-state index in [1.807, 2.05) is 19.9 Å². The summed E-state index contributed by atoms with van der Waals surface area (Å²) >= 11 is 0. The Balaban J connectivity index is 2.23. The van der Waals surface area contributed by atoms with Crippen LogP contribution in [0.1, 0.15) is 72.6 Å². The van der Waals surface area contributed by atoms with Gasteiger partial charge >= 0.3 is 0 Å². The molecule has 8 nitrogen and oxygen atoms in total. The highest BCUT2D eigenvalue weighted by Gasteiger charge is 2.40. The van der Waals surface area contributed by atoms with Crippen LogP contribution >= 0.6 is 0 Å². The van der Waals surface area contributed by atoms with E-state index in [4.69, 9.17) is 11.5 Å². The van der Waals surface area contributed by atoms with E-state index in [1.54, 1.807) is 0 Å². The summed E-state index contributed by atoms with van der Waals surface area (Å²) in [6.07, 6.45) is 6.94. The van der Waals surface area contributed by atoms with Crippen LogP contribution in [-0.4, -0.2) is 86.1 Å². The molecule has 0 aromatic carbocycles. The monoisotopic (exact) mass is 511 g/mol. The van der Waals surface area contributed by atoms with Crippen LogP contribution in [0.5, 0.6) is 0 Å². The molecule has 1 amide bonds. The minimum absolute atomic E-state index is 0.0132. The van der Waals surface area contributed by atoms with Crippen LogP contribution in [0, 0.1) is 11.8 Å². The number of rotatable bonds is 15. The Morgan fingerprint density at radius 1 is 1.19 bits per heavy atom. The Bertz CT molecular complexity index is 677. The van der Waals surface area contributed by atoms with E-state index in [1.165, 1.54) is 0 Å². The standard InChI is InChI=1S/C27H54FN7O/c1-6-9-13-35-15-11-21(22-12-14-34(5)33-22)24(18-35)32-27(36)25(26(29)30)23(16-19(4)10-7-2)31-17-20(28)8-3/h16,20-26,31,33H,6-15,17-18,29-30H2,1-5H3,(H,32,36)/b19-16-. The molecule has 0 radical (unpaired) electrons. The van der Waals surface area contributed by atoms with Gasteiger partial charge in [-0.05, 0) is 58.0 Å². The van der Waals surface area contributed by atoms with Gasteiger partial charge in [0.15, 0.2) is 0 Å². The maximum Gasteiger partial charge on any atom is 0.228 e. The molecule has 6 unspecified atom stereocenters. The van der Waals surface area contributed by atoms with E-state index in [2.05, 4.69) is 46.9 Å². The molecule has 6 atom stereocenters. The van der Waals surface area contributed by atoms with Gasteiger partial charge in [0.05, 0.1) is 12.1 Å². The molecule has 7 N–H and O–H groups in total. The van der Waals surface area contributed by atoms with Crippen molar-refractivity contribution in [3.8, 4) is 0 Å². The molecule has 36 heavy (non-hydrogen) atoms. The van der Waals surface area contributed by atoms with Gasteiger partial charge in [0.2, 0.25) is 5.91 Å². The van der Waals surface area contributed by atoms with E-state index in [0.29, 0.717) is 18.4 Å². The molecule has 2 rings (SSSR count). The second kappa shape index (κ2) is 16.0. The van der Waals surface area contributed by atoms with Gasteiger partial charge in [-0.15, -0.1) is 0 Å². The first-order valence-electron chi connectivity index (χ1n) is 14.3. The normalized spacial score (nSPS) is 26.8. The van der Waals surface area contributed by atoms with Crippen LogP contribution in [0.4, 0.5) is 4.39 Å². The van der Waals surface area contributed by atoms with E-state index >= 15 is 0 Å². The number of carbonyl (C=O) groups excluding carboxylic acids is 1. The summed E-state index contributed by atoms with van der Waals surface area (Å²) in [6.45, 7) is 12.3. The lowest BCUT2D eigenvalue weighted by atomic mass is 9.83. The third-order valence-electron chi connectivity index (χ3n) is 7.82. The summed E-state index contributed by atoms with van der Waals surface area (Å²) in [5, 5.41) is 8.79. The highest BCUT2D eigenvalue weighted by atomic mass is 19.1. The number of hydrogen-bond donors (Lipinski definition) is 5. The zero-order valence-electron chi connectivity index (χ0n) is 23.4. The summed E-state index contributed by atoms with van der Waals surface area (Å²) < 4.78 is 14.2. The Labute approximate surface area is 219 Å². The van der Waals surface area contributed by atoms with Gasteiger partial charge in [0, 0.05) is 44.8 Å². The number of allylic oxidation sites excluding steroid dienone is 1. The van der Waals surface area contributed by atoms with E-state index in [0.717, 1.165) is 70.3 Å². The lowest BCUT2D eigenvalue weighted by Crippen LogP contribution is -2.62. The van der Waals surface area contributed by atoms with Gasteiger partial charge in [-0.2, -0.15) is 0 Å². The van der Waals surface area contributed by atoms with Gasteiger partial charge in [-0.1, -0.05) is 45.3 Å². The van der Waals surface area contributed by atoms with E-state index in [9.17, 15) is 9.18 Å². The van der Waals surface area contributed by atoms with Crippen LogP contribution in [0.25, 0.3) is 0 Å². The van der Waals surface area contributed by atoms with Gasteiger partial charge in [-0.3, -0.25) is 10.2 Å². The Morgan fingerprint density at radius 3 is 2.53 bits per heavy atom. The van der Waals surface area contributed by atoms with Crippen LogP contribution in [-0.2, 0) is 4.79 Å². The zero-order chi connectivity index (χ0) is 26.7. The number of piperidine rings is 1. The van der Waals surface area contributed by atoms with Gasteiger partial charge in [-0.25, -0.2) is 9.40 Å². The SMILES string of the molecule is CCCCN1CCC(C2CCN(C)N2)C(NC(=O)C(C(N)N)C(/C=C(/C)CCC)NCC(F)CC)C1. The number of halogens is 1. The molecular formula is C27H54FN7O. The van der Waals surface area contributed by atoms with Crippen molar-refractivity contribution in [2.45, 2.75) is 103 Å². The number of nitrogens with zero attached hydrogens (tertiary/aromatic N) is 2. The molecule has 2 aliphatic rings. The molecule has 9 heteroatoms. The number of hydrazine groups is 1. The van der Waals surface area contributed by atoms with Crippen LogP contribution in [0.15, 0.2) is 11.6 Å². The molecule has 2 aliphatic heterocycles. The van der Waals surface area contributed by atoms with Gasteiger partial charge in [0.25, 0.3) is 0 Å². The molecule has 0 saturated carbocycles. The fraction of sp³-hybridized carbons (Fsp3) is 0.889. The Hall–Kier alpha value is -1.10. The fourth-order valence-corrected chi connectivity index (χ4v) is 5.65. The number of nitrogens with one attached hydrogen (secondary N) is 3. The highest BCUT2D eigenvalue weighted by Crippen LogP contribution is 2.27. The fourth-order valence-electron chi connectivity index (χ4n) is 5.65. The molecule has 0 aromatic heterocycles. The summed E-state index contributed by atoms with van der Waals surface area (Å²) in [7, 11) is 2.07. The first-order valence-corrected chi connectivity index (χ1v) is 14.3. The second-order valence-corrected chi connectivity index (χ2v) is 11.0. The maximum atomic E-state index is 14.2. The van der Waals surface area contributed by atoms with Crippen molar-refractivity contribution in [2.24, 2.45) is 23.3 Å². The summed E-state index contributed by atoms with van der Waals surface area (Å²) in [6, 6.07) is -0.0642. The van der Waals surface area contributed by atoms with E-state index < -0.39 is 24.3 Å². The number of carbonyl (C=O) groups is 1. The van der Waals surface area contributed by atoms with Gasteiger partial charge in [0.1, 0.15) is 6.17 Å². The summed E-state index contributed by atoms with van der Waals surface area (Å²) in [4.78, 5) is 16.3. The molecular weight excluding hydrogens is 457 g/mol. The number of unbranched alkanes of at least 4 members (excludes halogenated alkanes) is 1. The number of likely N-dealkylation sites (tertiary alicyclic amines) is 1. The number of nitrogens with two attached hydrogens (primary N) is 2. The first-order chi connectivity index (χ1) is 17.2. The van der Waals surface area contributed by atoms with Crippen molar-refractivity contribution < 1.29 is 9.18 Å². The molecule has 2 fully saturated rings. The molecule has 210 valence electrons. The smallest absolute Gasteiger partial charge is 0.228 e. The van der Waals surface area contributed by atoms with Crippen LogP contribution in [0.3, 0.4) is 0 Å². The predicted molar refractivity (Wildman–Crippen MR) is 147 cm³/mol. The minimum atomic E-state index is -0.981. The third kappa shape index (κ3) is 9.65. The second-order valence-electron chi connectivity index (χ2n) is 11.0. The maximum absolute atomic E-state index is 14.2. The van der Waals surface area contributed by atoms with Crippen LogP contribution in [0.2, 0.25) is 0 Å². The largest absolute Gasteiger partial charge is 0.351 e. The Kier molecular flexibility index (Phi) is 13.8. The predicted octanol–water partition coefficient (Wildman–Crippen LogP) is 2.11. The summed E-state index contributed by atoms with van der Waals surface area (Å²) in [5.74, 6) is -0.495. The molecule has 0 aromatic rings.